The molecule has 2 aliphatic rings. The van der Waals surface area contributed by atoms with Crippen LogP contribution in [0.4, 0.5) is 20.3 Å². The summed E-state index contributed by atoms with van der Waals surface area (Å²) in [5.41, 5.74) is 6.34. The molecule has 0 bridgehead atoms. The second kappa shape index (κ2) is 8.45. The lowest BCUT2D eigenvalue weighted by atomic mass is 9.86. The molecule has 1 fully saturated rings. The van der Waals surface area contributed by atoms with E-state index in [1.54, 1.807) is 24.4 Å². The summed E-state index contributed by atoms with van der Waals surface area (Å²) in [4.78, 5) is 21.6. The summed E-state index contributed by atoms with van der Waals surface area (Å²) in [6.45, 7) is -0.713. The molecule has 0 spiro atoms. The Hall–Kier alpha value is -3.80. The van der Waals surface area contributed by atoms with Crippen molar-refractivity contribution in [1.29, 1.82) is 0 Å². The van der Waals surface area contributed by atoms with Crippen LogP contribution in [0.2, 0.25) is 0 Å². The Kier molecular flexibility index (Phi) is 5.24. The van der Waals surface area contributed by atoms with E-state index < -0.39 is 18.0 Å². The Labute approximate surface area is 202 Å². The van der Waals surface area contributed by atoms with Gasteiger partial charge in [-0.3, -0.25) is 0 Å². The molecule has 4 heterocycles. The number of nitrogens with two attached hydrogens (primary N) is 1. The zero-order chi connectivity index (χ0) is 24.0. The first-order valence-electron chi connectivity index (χ1n) is 10.8. The highest BCUT2D eigenvalue weighted by Gasteiger charge is 2.58. The number of ether oxygens (including phenoxy) is 1. The second-order valence-corrected chi connectivity index (χ2v) is 9.54. The van der Waals surface area contributed by atoms with E-state index >= 15 is 0 Å². The van der Waals surface area contributed by atoms with E-state index in [1.165, 1.54) is 36.5 Å². The van der Waals surface area contributed by atoms with Crippen molar-refractivity contribution in [2.45, 2.75) is 23.8 Å². The number of benzene rings is 1. The van der Waals surface area contributed by atoms with E-state index in [0.717, 1.165) is 6.42 Å². The maximum atomic E-state index is 14.9. The molecule has 35 heavy (non-hydrogen) atoms. The van der Waals surface area contributed by atoms with E-state index in [4.69, 9.17) is 14.9 Å². The van der Waals surface area contributed by atoms with Crippen LogP contribution in [0, 0.1) is 11.7 Å². The summed E-state index contributed by atoms with van der Waals surface area (Å²) < 4.78 is 40.1. The van der Waals surface area contributed by atoms with Gasteiger partial charge in [0.1, 0.15) is 29.8 Å². The van der Waals surface area contributed by atoms with Crippen LogP contribution in [0.3, 0.4) is 0 Å². The zero-order valence-electron chi connectivity index (χ0n) is 18.2. The zero-order valence-corrected chi connectivity index (χ0v) is 19.0. The molecular weight excluding hydrogens is 476 g/mol. The third-order valence-electron chi connectivity index (χ3n) is 6.09. The van der Waals surface area contributed by atoms with Crippen LogP contribution in [-0.4, -0.2) is 37.0 Å². The highest BCUT2D eigenvalue weighted by atomic mass is 32.2. The molecule has 9 nitrogen and oxygen atoms in total. The average molecular weight is 496 g/mol. The van der Waals surface area contributed by atoms with E-state index in [0.29, 0.717) is 34.3 Å². The Balaban J connectivity index is 1.30. The van der Waals surface area contributed by atoms with Gasteiger partial charge in [-0.15, -0.1) is 0 Å². The summed E-state index contributed by atoms with van der Waals surface area (Å²) in [6, 6.07) is 6.12. The number of oxazole rings is 1. The predicted molar refractivity (Wildman–Crippen MR) is 127 cm³/mol. The lowest BCUT2D eigenvalue weighted by Crippen LogP contribution is -2.36. The van der Waals surface area contributed by atoms with Crippen LogP contribution in [-0.2, 0) is 12.1 Å². The van der Waals surface area contributed by atoms with Gasteiger partial charge in [0.15, 0.2) is 17.6 Å². The smallest absolute Gasteiger partial charge is 0.233 e. The minimum Gasteiger partial charge on any atom is -0.467 e. The summed E-state index contributed by atoms with van der Waals surface area (Å²) in [7, 11) is 0. The van der Waals surface area contributed by atoms with Gasteiger partial charge in [0.2, 0.25) is 11.8 Å². The van der Waals surface area contributed by atoms with Gasteiger partial charge < -0.3 is 20.2 Å². The number of anilines is 2. The van der Waals surface area contributed by atoms with Crippen molar-refractivity contribution in [2.24, 2.45) is 16.6 Å². The lowest BCUT2D eigenvalue weighted by Gasteiger charge is -2.31. The first-order chi connectivity index (χ1) is 17.1. The molecule has 3 N–H and O–H groups in total. The van der Waals surface area contributed by atoms with Gasteiger partial charge in [0, 0.05) is 28.6 Å². The van der Waals surface area contributed by atoms with Gasteiger partial charge in [-0.25, -0.2) is 33.7 Å². The molecule has 178 valence electrons. The van der Waals surface area contributed by atoms with E-state index in [1.807, 2.05) is 0 Å². The minimum atomic E-state index is -1.32. The predicted octanol–water partition coefficient (Wildman–Crippen LogP) is 4.09. The molecule has 3 aromatic heterocycles. The van der Waals surface area contributed by atoms with E-state index in [9.17, 15) is 8.78 Å². The second-order valence-electron chi connectivity index (χ2n) is 8.28. The number of aromatic nitrogens is 4. The summed E-state index contributed by atoms with van der Waals surface area (Å²) in [6.07, 6.45) is 6.78. The molecule has 3 atom stereocenters. The standard InChI is InChI=1S/C23H19F2N7O2S/c24-11-23(14-8-17(14)35-22(26)32-23)13-7-12(1-2-15(13)25)30-21-20-16(3-4-28-21)31-18(9-29-20)34-10-19-27-5-6-33-19/h1-7,9,14,17H,8,10-11H2,(H2,26,32)(H,28,30)/t14-,17+,23-/m1/s1. The minimum absolute atomic E-state index is 0.0918. The molecule has 4 aromatic rings. The van der Waals surface area contributed by atoms with Gasteiger partial charge in [0.25, 0.3) is 0 Å². The molecule has 0 unspecified atom stereocenters. The number of aliphatic imine (C=N–C) groups is 1. The number of pyridine rings is 1. The maximum Gasteiger partial charge on any atom is 0.233 e. The number of amidine groups is 1. The molecule has 0 radical (unpaired) electrons. The van der Waals surface area contributed by atoms with Crippen molar-refractivity contribution in [2.75, 3.05) is 12.0 Å². The lowest BCUT2D eigenvalue weighted by molar-refractivity contribution is 0.253. The van der Waals surface area contributed by atoms with Crippen molar-refractivity contribution in [1.82, 2.24) is 19.9 Å². The van der Waals surface area contributed by atoms with E-state index in [-0.39, 0.29) is 28.5 Å². The number of hydrogen-bond acceptors (Lipinski definition) is 10. The van der Waals surface area contributed by atoms with Crippen LogP contribution < -0.4 is 15.8 Å². The molecule has 12 heteroatoms. The molecular formula is C23H19F2N7O2S. The number of hydrogen-bond donors (Lipinski definition) is 2. The molecule has 1 aliphatic heterocycles. The van der Waals surface area contributed by atoms with Gasteiger partial charge in [-0.1, -0.05) is 11.8 Å². The van der Waals surface area contributed by atoms with Crippen LogP contribution in [0.25, 0.3) is 11.0 Å². The third-order valence-corrected chi connectivity index (χ3v) is 7.25. The SMILES string of the molecule is NC1=N[C@](CF)(c2cc(Nc3nccc4nc(OCc5ncco5)cnc34)ccc2F)[C@@H]2C[C@@H]2S1. The molecule has 1 aliphatic carbocycles. The largest absolute Gasteiger partial charge is 0.467 e. The quantitative estimate of drug-likeness (QED) is 0.390. The van der Waals surface area contributed by atoms with Crippen molar-refractivity contribution in [3.8, 4) is 5.88 Å². The molecule has 6 rings (SSSR count). The number of thioether (sulfide) groups is 1. The molecule has 0 saturated heterocycles. The van der Waals surface area contributed by atoms with Crippen LogP contribution in [0.15, 0.2) is 58.5 Å². The summed E-state index contributed by atoms with van der Waals surface area (Å²) >= 11 is 1.42. The Morgan fingerprint density at radius 2 is 2.14 bits per heavy atom. The van der Waals surface area contributed by atoms with E-state index in [2.05, 4.69) is 30.2 Å². The molecule has 1 aromatic carbocycles. The normalized spacial score (nSPS) is 23.0. The number of nitrogens with zero attached hydrogens (tertiary/aromatic N) is 5. The average Bonchev–Trinajstić information content (AvgIpc) is 3.46. The number of nitrogens with one attached hydrogen (secondary N) is 1. The van der Waals surface area contributed by atoms with Crippen molar-refractivity contribution >= 4 is 39.5 Å². The Bertz CT molecular complexity index is 1430. The van der Waals surface area contributed by atoms with Crippen LogP contribution in [0.5, 0.6) is 5.88 Å². The Morgan fingerprint density at radius 1 is 1.23 bits per heavy atom. The fourth-order valence-electron chi connectivity index (χ4n) is 4.35. The molecule has 1 saturated carbocycles. The fourth-order valence-corrected chi connectivity index (χ4v) is 5.57. The first-order valence-corrected chi connectivity index (χ1v) is 11.7. The van der Waals surface area contributed by atoms with Gasteiger partial charge in [0.05, 0.1) is 17.9 Å². The highest BCUT2D eigenvalue weighted by molar-refractivity contribution is 8.14. The van der Waals surface area contributed by atoms with Crippen LogP contribution in [0.1, 0.15) is 17.9 Å². The maximum absolute atomic E-state index is 14.9. The summed E-state index contributed by atoms with van der Waals surface area (Å²) in [5.74, 6) is 0.507. The fraction of sp³-hybridized carbons (Fsp3) is 0.261. The van der Waals surface area contributed by atoms with Crippen molar-refractivity contribution in [3.05, 3.63) is 66.4 Å². The number of rotatable bonds is 7. The number of fused-ring (bicyclic) bond motifs is 2. The molecule has 0 amide bonds. The third kappa shape index (κ3) is 3.93. The van der Waals surface area contributed by atoms with Gasteiger partial charge in [-0.05, 0) is 30.7 Å². The van der Waals surface area contributed by atoms with Gasteiger partial charge >= 0.3 is 0 Å². The van der Waals surface area contributed by atoms with Crippen molar-refractivity contribution < 1.29 is 17.9 Å². The number of alkyl halides is 1. The topological polar surface area (TPSA) is 124 Å². The number of halogens is 2. The first kappa shape index (κ1) is 21.7. The van der Waals surface area contributed by atoms with Gasteiger partial charge in [-0.2, -0.15) is 0 Å². The van der Waals surface area contributed by atoms with Crippen molar-refractivity contribution in [3.63, 3.8) is 0 Å². The van der Waals surface area contributed by atoms with Crippen LogP contribution >= 0.6 is 11.8 Å². The summed E-state index contributed by atoms with van der Waals surface area (Å²) in [5, 5.41) is 3.60. The monoisotopic (exact) mass is 495 g/mol. The Morgan fingerprint density at radius 3 is 2.97 bits per heavy atom. The highest BCUT2D eigenvalue weighted by Crippen LogP contribution is 2.58.